The number of aliphatic hydroxyl groups is 1. The average Bonchev–Trinajstić information content (AvgIpc) is 3.48. The summed E-state index contributed by atoms with van der Waals surface area (Å²) in [7, 11) is 1.67. The molecule has 1 amide bonds. The number of amides is 1. The van der Waals surface area contributed by atoms with Gasteiger partial charge in [0.25, 0.3) is 5.91 Å². The van der Waals surface area contributed by atoms with E-state index in [9.17, 15) is 19.8 Å². The van der Waals surface area contributed by atoms with Crippen molar-refractivity contribution < 1.29 is 29.3 Å². The number of anilines is 1. The Labute approximate surface area is 176 Å². The van der Waals surface area contributed by atoms with Gasteiger partial charge < -0.3 is 29.9 Å². The number of carbonyl (C=O) groups is 2. The fraction of sp³-hybridized carbons (Fsp3) is 0.667. The van der Waals surface area contributed by atoms with Crippen LogP contribution in [0.1, 0.15) is 43.6 Å². The molecule has 0 unspecified atom stereocenters. The number of methoxy groups -OCH3 is 1. The molecule has 1 aliphatic heterocycles. The topological polar surface area (TPSA) is 121 Å². The number of rotatable bonds is 11. The average molecular weight is 421 g/mol. The summed E-state index contributed by atoms with van der Waals surface area (Å²) in [5.41, 5.74) is -0.444. The van der Waals surface area contributed by atoms with Crippen molar-refractivity contribution in [2.75, 3.05) is 38.3 Å². The molecule has 2 heterocycles. The third-order valence-corrected chi connectivity index (χ3v) is 6.30. The second-order valence-corrected chi connectivity index (χ2v) is 8.08. The molecule has 1 saturated carbocycles. The Morgan fingerprint density at radius 3 is 2.50 bits per heavy atom. The van der Waals surface area contributed by atoms with Crippen LogP contribution in [-0.4, -0.2) is 72.1 Å². The minimum absolute atomic E-state index is 0.111. The summed E-state index contributed by atoms with van der Waals surface area (Å²) in [6.07, 6.45) is 1.59. The largest absolute Gasteiger partial charge is 0.480 e. The number of nitrogens with one attached hydrogen (secondary N) is 1. The number of pyridine rings is 1. The molecule has 2 fully saturated rings. The lowest BCUT2D eigenvalue weighted by atomic mass is 9.92. The van der Waals surface area contributed by atoms with Gasteiger partial charge in [-0.25, -0.2) is 9.78 Å². The highest BCUT2D eigenvalue weighted by Gasteiger charge is 2.39. The summed E-state index contributed by atoms with van der Waals surface area (Å²) in [4.78, 5) is 31.0. The Hall–Kier alpha value is -2.39. The number of carbonyl (C=O) groups excluding carboxylic acids is 1. The first-order chi connectivity index (χ1) is 14.4. The predicted molar refractivity (Wildman–Crippen MR) is 110 cm³/mol. The van der Waals surface area contributed by atoms with E-state index in [0.29, 0.717) is 25.6 Å². The second kappa shape index (κ2) is 9.18. The normalized spacial score (nSPS) is 21.1. The number of aliphatic carboxylic acids is 1. The molecule has 9 heteroatoms. The van der Waals surface area contributed by atoms with Gasteiger partial charge in [-0.15, -0.1) is 0 Å². The van der Waals surface area contributed by atoms with Crippen LogP contribution in [0.4, 0.5) is 5.69 Å². The molecule has 0 radical (unpaired) electrons. The van der Waals surface area contributed by atoms with Crippen LogP contribution < -0.4 is 15.0 Å². The lowest BCUT2D eigenvalue weighted by Crippen LogP contribution is -2.54. The van der Waals surface area contributed by atoms with Gasteiger partial charge in [-0.05, 0) is 43.2 Å². The summed E-state index contributed by atoms with van der Waals surface area (Å²) in [6.45, 7) is 5.43. The van der Waals surface area contributed by atoms with E-state index in [2.05, 4.69) is 15.2 Å². The molecule has 0 spiro atoms. The Balaban J connectivity index is 1.78. The molecule has 30 heavy (non-hydrogen) atoms. The second-order valence-electron chi connectivity index (χ2n) is 8.08. The zero-order valence-electron chi connectivity index (χ0n) is 17.8. The smallest absolute Gasteiger partial charge is 0.329 e. The first kappa shape index (κ1) is 22.3. The van der Waals surface area contributed by atoms with Gasteiger partial charge in [0.15, 0.2) is 0 Å². The minimum atomic E-state index is -1.33. The lowest BCUT2D eigenvalue weighted by Gasteiger charge is -2.40. The summed E-state index contributed by atoms with van der Waals surface area (Å²) < 4.78 is 11.3. The van der Waals surface area contributed by atoms with E-state index in [-0.39, 0.29) is 43.1 Å². The maximum Gasteiger partial charge on any atom is 0.329 e. The van der Waals surface area contributed by atoms with Gasteiger partial charge in [0.1, 0.15) is 16.9 Å². The summed E-state index contributed by atoms with van der Waals surface area (Å²) in [5.74, 6) is -0.730. The number of ether oxygens (including phenoxy) is 2. The molecular weight excluding hydrogens is 390 g/mol. The molecule has 3 N–H and O–H groups in total. The van der Waals surface area contributed by atoms with Gasteiger partial charge in [0.05, 0.1) is 12.7 Å². The number of carboxylic acids is 1. The Morgan fingerprint density at radius 2 is 1.97 bits per heavy atom. The highest BCUT2D eigenvalue weighted by Crippen LogP contribution is 2.39. The summed E-state index contributed by atoms with van der Waals surface area (Å²) >= 11 is 0. The first-order valence-corrected chi connectivity index (χ1v) is 10.5. The van der Waals surface area contributed by atoms with Crippen molar-refractivity contribution in [2.24, 2.45) is 11.8 Å². The highest BCUT2D eigenvalue weighted by molar-refractivity contribution is 5.96. The van der Waals surface area contributed by atoms with E-state index >= 15 is 0 Å². The lowest BCUT2D eigenvalue weighted by molar-refractivity contribution is -0.144. The Kier molecular flexibility index (Phi) is 6.82. The quantitative estimate of drug-likeness (QED) is 0.489. The summed E-state index contributed by atoms with van der Waals surface area (Å²) in [6, 6.07) is 3.36. The van der Waals surface area contributed by atoms with Gasteiger partial charge in [0, 0.05) is 26.8 Å². The van der Waals surface area contributed by atoms with Crippen LogP contribution in [0.3, 0.4) is 0 Å². The number of aliphatic hydroxyl groups excluding tert-OH is 1. The molecule has 3 rings (SSSR count). The van der Waals surface area contributed by atoms with E-state index in [0.717, 1.165) is 12.1 Å². The Bertz CT molecular complexity index is 776. The number of hydrogen-bond acceptors (Lipinski definition) is 7. The van der Waals surface area contributed by atoms with Crippen LogP contribution in [0.25, 0.3) is 0 Å². The molecule has 1 saturated heterocycles. The van der Waals surface area contributed by atoms with E-state index in [4.69, 9.17) is 9.47 Å². The van der Waals surface area contributed by atoms with Crippen molar-refractivity contribution in [1.29, 1.82) is 0 Å². The van der Waals surface area contributed by atoms with Gasteiger partial charge in [-0.1, -0.05) is 13.8 Å². The van der Waals surface area contributed by atoms with Crippen LogP contribution in [-0.2, 0) is 9.53 Å². The number of carboxylic acid groups (broad SMARTS) is 1. The fourth-order valence-corrected chi connectivity index (χ4v) is 3.68. The van der Waals surface area contributed by atoms with E-state index < -0.39 is 17.4 Å². The minimum Gasteiger partial charge on any atom is -0.480 e. The molecule has 0 aromatic carbocycles. The van der Waals surface area contributed by atoms with E-state index in [1.807, 2.05) is 0 Å². The molecule has 1 aromatic rings. The maximum absolute atomic E-state index is 12.8. The third kappa shape index (κ3) is 4.52. The van der Waals surface area contributed by atoms with Crippen LogP contribution in [0, 0.1) is 11.8 Å². The van der Waals surface area contributed by atoms with Gasteiger partial charge >= 0.3 is 5.97 Å². The number of hydrogen-bond donors (Lipinski definition) is 3. The standard InChI is InChI=1S/C21H31N3O6/c1-4-21(5-2,20(27)28)23-18(26)16-6-7-17(24-9-15(10-24)29-3)19(22-16)30-12-14-8-13(14)11-25/h6-7,13-15,25H,4-5,8-12H2,1-3H3,(H,23,26)(H,27,28)/t13-,14-/m0/s1. The third-order valence-electron chi connectivity index (χ3n) is 6.30. The van der Waals surface area contributed by atoms with Crippen molar-refractivity contribution >= 4 is 17.6 Å². The summed E-state index contributed by atoms with van der Waals surface area (Å²) in [5, 5.41) is 21.5. The molecule has 0 bridgehead atoms. The monoisotopic (exact) mass is 421 g/mol. The van der Waals surface area contributed by atoms with Gasteiger partial charge in [0.2, 0.25) is 5.88 Å². The van der Waals surface area contributed by atoms with Crippen LogP contribution in [0.15, 0.2) is 12.1 Å². The zero-order chi connectivity index (χ0) is 21.9. The Morgan fingerprint density at radius 1 is 1.27 bits per heavy atom. The molecule has 9 nitrogen and oxygen atoms in total. The SMILES string of the molecule is CCC(CC)(NC(=O)c1ccc(N2CC(OC)C2)c(OC[C@@H]2C[C@H]2CO)n1)C(=O)O. The molecule has 1 aliphatic carbocycles. The van der Waals surface area contributed by atoms with Gasteiger partial charge in [-0.2, -0.15) is 0 Å². The number of nitrogens with zero attached hydrogens (tertiary/aromatic N) is 2. The van der Waals surface area contributed by atoms with Gasteiger partial charge in [-0.3, -0.25) is 4.79 Å². The van der Waals surface area contributed by atoms with Crippen molar-refractivity contribution in [3.8, 4) is 5.88 Å². The number of aromatic nitrogens is 1. The van der Waals surface area contributed by atoms with Crippen LogP contribution in [0.5, 0.6) is 5.88 Å². The van der Waals surface area contributed by atoms with Crippen molar-refractivity contribution in [2.45, 2.75) is 44.8 Å². The fourth-order valence-electron chi connectivity index (χ4n) is 3.68. The molecule has 166 valence electrons. The van der Waals surface area contributed by atoms with Crippen molar-refractivity contribution in [3.05, 3.63) is 17.8 Å². The maximum atomic E-state index is 12.8. The van der Waals surface area contributed by atoms with Crippen LogP contribution >= 0.6 is 0 Å². The van der Waals surface area contributed by atoms with Crippen LogP contribution in [0.2, 0.25) is 0 Å². The zero-order valence-corrected chi connectivity index (χ0v) is 17.8. The van der Waals surface area contributed by atoms with Crippen molar-refractivity contribution in [1.82, 2.24) is 10.3 Å². The predicted octanol–water partition coefficient (Wildman–Crippen LogP) is 1.30. The van der Waals surface area contributed by atoms with Crippen molar-refractivity contribution in [3.63, 3.8) is 0 Å². The van der Waals surface area contributed by atoms with E-state index in [1.165, 1.54) is 0 Å². The molecule has 1 aromatic heterocycles. The highest BCUT2D eigenvalue weighted by atomic mass is 16.5. The molecular formula is C21H31N3O6. The first-order valence-electron chi connectivity index (χ1n) is 10.5. The molecule has 2 atom stereocenters. The van der Waals surface area contributed by atoms with E-state index in [1.54, 1.807) is 33.1 Å². The molecule has 2 aliphatic rings.